The Morgan fingerprint density at radius 1 is 1.06 bits per heavy atom. The second kappa shape index (κ2) is 10.2. The number of fused-ring (bicyclic) bond motifs is 1. The van der Waals surface area contributed by atoms with Gasteiger partial charge >= 0.3 is 5.97 Å². The molecule has 1 aliphatic carbocycles. The van der Waals surface area contributed by atoms with Crippen molar-refractivity contribution >= 4 is 38.9 Å². The van der Waals surface area contributed by atoms with Crippen molar-refractivity contribution in [3.05, 3.63) is 86.6 Å². The van der Waals surface area contributed by atoms with Crippen LogP contribution >= 0.6 is 22.9 Å². The number of halogens is 1. The lowest BCUT2D eigenvalue weighted by atomic mass is 9.99. The predicted octanol–water partition coefficient (Wildman–Crippen LogP) is 5.55. The smallest absolute Gasteiger partial charge is 0.348 e. The van der Waals surface area contributed by atoms with Gasteiger partial charge in [0.25, 0.3) is 0 Å². The zero-order chi connectivity index (χ0) is 22.6. The van der Waals surface area contributed by atoms with Gasteiger partial charge in [0.05, 0.1) is 17.5 Å². The van der Waals surface area contributed by atoms with Crippen LogP contribution in [0.2, 0.25) is 5.02 Å². The first-order valence-corrected chi connectivity index (χ1v) is 13.2. The Kier molecular flexibility index (Phi) is 7.30. The molecule has 1 aliphatic rings. The van der Waals surface area contributed by atoms with Crippen LogP contribution in [0.5, 0.6) is 0 Å². The van der Waals surface area contributed by atoms with E-state index in [9.17, 15) is 13.2 Å². The van der Waals surface area contributed by atoms with Gasteiger partial charge < -0.3 is 4.74 Å². The lowest BCUT2D eigenvalue weighted by Crippen LogP contribution is -2.29. The average Bonchev–Trinajstić information content (AvgIpc) is 3.24. The first-order chi connectivity index (χ1) is 15.4. The molecule has 0 fully saturated rings. The van der Waals surface area contributed by atoms with Gasteiger partial charge in [0.15, 0.2) is 0 Å². The summed E-state index contributed by atoms with van der Waals surface area (Å²) in [4.78, 5) is 14.6. The minimum absolute atomic E-state index is 0.101. The van der Waals surface area contributed by atoms with Gasteiger partial charge in [0, 0.05) is 16.3 Å². The zero-order valence-electron chi connectivity index (χ0n) is 17.4. The van der Waals surface area contributed by atoms with Crippen LogP contribution in [0, 0.1) is 0 Å². The first kappa shape index (κ1) is 23.0. The van der Waals surface area contributed by atoms with Gasteiger partial charge in [-0.15, -0.1) is 11.3 Å². The number of rotatable bonds is 8. The molecule has 4 rings (SSSR count). The Morgan fingerprint density at radius 2 is 1.78 bits per heavy atom. The second-order valence-electron chi connectivity index (χ2n) is 7.73. The molecule has 0 bridgehead atoms. The lowest BCUT2D eigenvalue weighted by Gasteiger charge is -2.19. The average molecular weight is 490 g/mol. The van der Waals surface area contributed by atoms with Crippen LogP contribution in [0.15, 0.2) is 65.6 Å². The number of nitrogens with one attached hydrogen (secondary N) is 1. The monoisotopic (exact) mass is 489 g/mol. The standard InChI is InChI=1S/C24H24ClNO4S2/c25-19-10-12-20(13-11-19)32(28,29)26-21(17-6-2-1-3-7-17)14-15-30-24(27)23-16-18-8-4-5-9-22(18)31-23/h1-3,6-7,10-13,16,21,26H,4-5,8-9,14-15H2/t21-/m1/s1. The molecule has 2 aromatic carbocycles. The molecule has 5 nitrogen and oxygen atoms in total. The summed E-state index contributed by atoms with van der Waals surface area (Å²) in [5, 5.41) is 0.464. The number of esters is 1. The fraction of sp³-hybridized carbons (Fsp3) is 0.292. The Labute approximate surface area is 197 Å². The highest BCUT2D eigenvalue weighted by Gasteiger charge is 2.23. The Balaban J connectivity index is 1.44. The number of carbonyl (C=O) groups is 1. The summed E-state index contributed by atoms with van der Waals surface area (Å²) in [6.45, 7) is 0.101. The third-order valence-corrected chi connectivity index (χ3v) is 8.42. The Hall–Kier alpha value is -2.19. The molecule has 3 aromatic rings. The van der Waals surface area contributed by atoms with E-state index in [0.29, 0.717) is 16.3 Å². The molecular formula is C24H24ClNO4S2. The van der Waals surface area contributed by atoms with Gasteiger partial charge in [-0.1, -0.05) is 41.9 Å². The molecule has 0 saturated heterocycles. The van der Waals surface area contributed by atoms with Gasteiger partial charge in [-0.05, 0) is 67.1 Å². The fourth-order valence-electron chi connectivity index (χ4n) is 3.78. The number of hydrogen-bond acceptors (Lipinski definition) is 5. The number of thiophene rings is 1. The number of ether oxygens (including phenoxy) is 1. The number of sulfonamides is 1. The maximum absolute atomic E-state index is 12.9. The van der Waals surface area contributed by atoms with E-state index in [-0.39, 0.29) is 17.5 Å². The van der Waals surface area contributed by atoms with E-state index in [1.165, 1.54) is 46.0 Å². The van der Waals surface area contributed by atoms with E-state index in [4.69, 9.17) is 16.3 Å². The minimum atomic E-state index is -3.78. The molecule has 1 atom stereocenters. The van der Waals surface area contributed by atoms with Crippen molar-refractivity contribution in [3.8, 4) is 0 Å². The highest BCUT2D eigenvalue weighted by Crippen LogP contribution is 2.30. The van der Waals surface area contributed by atoms with E-state index in [0.717, 1.165) is 31.2 Å². The quantitative estimate of drug-likeness (QED) is 0.421. The maximum atomic E-state index is 12.9. The largest absolute Gasteiger partial charge is 0.461 e. The molecule has 1 N–H and O–H groups in total. The Morgan fingerprint density at radius 3 is 2.50 bits per heavy atom. The van der Waals surface area contributed by atoms with Crippen molar-refractivity contribution in [1.29, 1.82) is 0 Å². The summed E-state index contributed by atoms with van der Waals surface area (Å²) in [6, 6.07) is 16.7. The molecule has 0 unspecified atom stereocenters. The van der Waals surface area contributed by atoms with Crippen LogP contribution in [0.1, 0.15) is 51.0 Å². The summed E-state index contributed by atoms with van der Waals surface area (Å²) in [7, 11) is -3.78. The molecule has 0 radical (unpaired) electrons. The predicted molar refractivity (Wildman–Crippen MR) is 127 cm³/mol. The van der Waals surface area contributed by atoms with E-state index in [1.807, 2.05) is 36.4 Å². The molecule has 168 valence electrons. The van der Waals surface area contributed by atoms with Crippen LogP contribution in [0.3, 0.4) is 0 Å². The van der Waals surface area contributed by atoms with Gasteiger partial charge in [0.1, 0.15) is 4.88 Å². The molecule has 1 aromatic heterocycles. The van der Waals surface area contributed by atoms with Gasteiger partial charge in [-0.2, -0.15) is 0 Å². The molecule has 0 spiro atoms. The summed E-state index contributed by atoms with van der Waals surface area (Å²) in [6.07, 6.45) is 4.67. The summed E-state index contributed by atoms with van der Waals surface area (Å²) in [5.74, 6) is -0.350. The van der Waals surface area contributed by atoms with E-state index in [1.54, 1.807) is 0 Å². The van der Waals surface area contributed by atoms with Crippen molar-refractivity contribution in [2.24, 2.45) is 0 Å². The van der Waals surface area contributed by atoms with Crippen molar-refractivity contribution < 1.29 is 17.9 Å². The molecule has 32 heavy (non-hydrogen) atoms. The van der Waals surface area contributed by atoms with E-state index >= 15 is 0 Å². The van der Waals surface area contributed by atoms with Crippen molar-refractivity contribution in [3.63, 3.8) is 0 Å². The Bertz CT molecular complexity index is 1150. The molecule has 0 saturated carbocycles. The maximum Gasteiger partial charge on any atom is 0.348 e. The number of hydrogen-bond donors (Lipinski definition) is 1. The fourth-order valence-corrected chi connectivity index (χ4v) is 6.31. The van der Waals surface area contributed by atoms with Crippen LogP contribution in [0.4, 0.5) is 0 Å². The lowest BCUT2D eigenvalue weighted by molar-refractivity contribution is 0.0497. The first-order valence-electron chi connectivity index (χ1n) is 10.5. The molecule has 8 heteroatoms. The summed E-state index contributed by atoms with van der Waals surface area (Å²) < 4.78 is 34.0. The molecule has 0 aliphatic heterocycles. The van der Waals surface area contributed by atoms with Crippen molar-refractivity contribution in [1.82, 2.24) is 4.72 Å². The third-order valence-electron chi connectivity index (χ3n) is 5.46. The minimum Gasteiger partial charge on any atom is -0.461 e. The SMILES string of the molecule is O=C(OCC[C@@H](NS(=O)(=O)c1ccc(Cl)cc1)c1ccccc1)c1cc2c(s1)CCCC2. The molecular weight excluding hydrogens is 466 g/mol. The zero-order valence-corrected chi connectivity index (χ0v) is 19.8. The third kappa shape index (κ3) is 5.59. The van der Waals surface area contributed by atoms with Crippen LogP contribution in [-0.4, -0.2) is 21.0 Å². The number of carbonyl (C=O) groups excluding carboxylic acids is 1. The van der Waals surface area contributed by atoms with Crippen LogP contribution < -0.4 is 4.72 Å². The van der Waals surface area contributed by atoms with Gasteiger partial charge in [-0.25, -0.2) is 17.9 Å². The second-order valence-corrected chi connectivity index (χ2v) is 11.0. The van der Waals surface area contributed by atoms with Gasteiger partial charge in [-0.3, -0.25) is 0 Å². The number of aryl methyl sites for hydroxylation is 2. The number of benzene rings is 2. The molecule has 0 amide bonds. The van der Waals surface area contributed by atoms with Crippen LogP contribution in [0.25, 0.3) is 0 Å². The normalized spacial score (nSPS) is 14.5. The summed E-state index contributed by atoms with van der Waals surface area (Å²) >= 11 is 7.39. The van der Waals surface area contributed by atoms with E-state index < -0.39 is 16.1 Å². The van der Waals surface area contributed by atoms with Crippen LogP contribution in [-0.2, 0) is 27.6 Å². The topological polar surface area (TPSA) is 72.5 Å². The van der Waals surface area contributed by atoms with Crippen molar-refractivity contribution in [2.75, 3.05) is 6.61 Å². The van der Waals surface area contributed by atoms with E-state index in [2.05, 4.69) is 4.72 Å². The van der Waals surface area contributed by atoms with Gasteiger partial charge in [0.2, 0.25) is 10.0 Å². The van der Waals surface area contributed by atoms with Crippen molar-refractivity contribution in [2.45, 2.75) is 43.0 Å². The highest BCUT2D eigenvalue weighted by molar-refractivity contribution is 7.89. The summed E-state index contributed by atoms with van der Waals surface area (Å²) in [5.41, 5.74) is 2.05. The molecule has 1 heterocycles. The highest BCUT2D eigenvalue weighted by atomic mass is 35.5.